The first kappa shape index (κ1) is 26.2. The molecule has 0 aliphatic carbocycles. The fourth-order valence-electron chi connectivity index (χ4n) is 5.66. The van der Waals surface area contributed by atoms with E-state index >= 15 is 0 Å². The molecule has 6 nitrogen and oxygen atoms in total. The molecule has 3 heterocycles. The van der Waals surface area contributed by atoms with E-state index < -0.39 is 0 Å². The highest BCUT2D eigenvalue weighted by Crippen LogP contribution is 2.38. The highest BCUT2D eigenvalue weighted by molar-refractivity contribution is 9.10. The minimum Gasteiger partial charge on any atom is -0.321 e. The summed E-state index contributed by atoms with van der Waals surface area (Å²) >= 11 is 7.12. The van der Waals surface area contributed by atoms with Crippen molar-refractivity contribution in [3.8, 4) is 11.1 Å². The molecule has 1 fully saturated rings. The normalized spacial score (nSPS) is 17.9. The Morgan fingerprint density at radius 2 is 1.62 bits per heavy atom. The second kappa shape index (κ2) is 11.2. The average molecular weight is 648 g/mol. The number of hydrogen-bond acceptors (Lipinski definition) is 4. The number of benzene rings is 3. The molecule has 39 heavy (non-hydrogen) atoms. The van der Waals surface area contributed by atoms with Gasteiger partial charge in [0, 0.05) is 31.8 Å². The monoisotopic (exact) mass is 646 g/mol. The Morgan fingerprint density at radius 3 is 2.36 bits per heavy atom. The van der Waals surface area contributed by atoms with Crippen LogP contribution in [0.5, 0.6) is 0 Å². The number of aromatic amines is 1. The maximum Gasteiger partial charge on any atom is 0.258 e. The highest BCUT2D eigenvalue weighted by Gasteiger charge is 2.36. The molecule has 4 aromatic rings. The van der Waals surface area contributed by atoms with E-state index in [2.05, 4.69) is 41.7 Å². The van der Waals surface area contributed by atoms with Crippen LogP contribution in [0.3, 0.4) is 0 Å². The van der Waals surface area contributed by atoms with Crippen molar-refractivity contribution in [2.75, 3.05) is 19.6 Å². The van der Waals surface area contributed by atoms with Gasteiger partial charge in [0.15, 0.2) is 0 Å². The summed E-state index contributed by atoms with van der Waals surface area (Å²) in [6.07, 6.45) is 3.89. The molecule has 0 bridgehead atoms. The first-order valence-electron chi connectivity index (χ1n) is 13.3. The van der Waals surface area contributed by atoms with Crippen molar-refractivity contribution in [3.63, 3.8) is 0 Å². The molecule has 0 spiro atoms. The van der Waals surface area contributed by atoms with Gasteiger partial charge in [-0.25, -0.2) is 5.01 Å². The van der Waals surface area contributed by atoms with Gasteiger partial charge in [-0.15, -0.1) is 0 Å². The van der Waals surface area contributed by atoms with E-state index in [0.29, 0.717) is 24.2 Å². The Kier molecular flexibility index (Phi) is 7.51. The predicted molar refractivity (Wildman–Crippen MR) is 163 cm³/mol. The number of fused-ring (bicyclic) bond motifs is 1. The summed E-state index contributed by atoms with van der Waals surface area (Å²) in [5, 5.41) is 7.45. The number of rotatable bonds is 5. The molecule has 2 aliphatic rings. The molecule has 0 saturated carbocycles. The number of hydrazone groups is 1. The summed E-state index contributed by atoms with van der Waals surface area (Å²) in [7, 11) is 0. The van der Waals surface area contributed by atoms with E-state index in [1.165, 1.54) is 6.42 Å². The molecular formula is C31H28Br2N4O2. The van der Waals surface area contributed by atoms with Crippen LogP contribution in [-0.4, -0.2) is 46.1 Å². The number of H-pyrrole nitrogens is 1. The van der Waals surface area contributed by atoms with Gasteiger partial charge in [-0.05, 0) is 67.4 Å². The Bertz CT molecular complexity index is 1610. The Balaban J connectivity index is 1.49. The molecule has 0 unspecified atom stereocenters. The van der Waals surface area contributed by atoms with Gasteiger partial charge in [0.1, 0.15) is 0 Å². The van der Waals surface area contributed by atoms with Crippen LogP contribution in [0.1, 0.15) is 42.9 Å². The summed E-state index contributed by atoms with van der Waals surface area (Å²) in [5.74, 6) is -0.0407. The molecule has 0 radical (unpaired) electrons. The Labute approximate surface area is 244 Å². The molecule has 6 rings (SSSR count). The Morgan fingerprint density at radius 1 is 0.897 bits per heavy atom. The van der Waals surface area contributed by atoms with Crippen LogP contribution in [0, 0.1) is 0 Å². The molecular weight excluding hydrogens is 620 g/mol. The van der Waals surface area contributed by atoms with Gasteiger partial charge in [-0.2, -0.15) is 5.10 Å². The fourth-order valence-corrected chi connectivity index (χ4v) is 6.29. The van der Waals surface area contributed by atoms with Crippen LogP contribution in [0.15, 0.2) is 91.6 Å². The van der Waals surface area contributed by atoms with Crippen LogP contribution >= 0.6 is 31.9 Å². The highest BCUT2D eigenvalue weighted by atomic mass is 79.9. The summed E-state index contributed by atoms with van der Waals surface area (Å²) in [6, 6.07) is 23.5. The molecule has 3 aromatic carbocycles. The van der Waals surface area contributed by atoms with Crippen molar-refractivity contribution in [3.05, 3.63) is 103 Å². The van der Waals surface area contributed by atoms with Crippen molar-refractivity contribution >= 4 is 54.4 Å². The van der Waals surface area contributed by atoms with Crippen LogP contribution < -0.4 is 5.56 Å². The number of hydrogen-bond donors (Lipinski definition) is 1. The molecule has 198 valence electrons. The van der Waals surface area contributed by atoms with Crippen LogP contribution in [0.25, 0.3) is 22.0 Å². The van der Waals surface area contributed by atoms with Gasteiger partial charge < -0.3 is 4.98 Å². The number of amides is 1. The molecule has 1 saturated heterocycles. The lowest BCUT2D eigenvalue weighted by Gasteiger charge is -2.29. The number of pyridine rings is 1. The first-order chi connectivity index (χ1) is 19.0. The third kappa shape index (κ3) is 5.38. The second-order valence-electron chi connectivity index (χ2n) is 10.2. The van der Waals surface area contributed by atoms with Gasteiger partial charge in [-0.3, -0.25) is 14.5 Å². The van der Waals surface area contributed by atoms with Gasteiger partial charge >= 0.3 is 0 Å². The predicted octanol–water partition coefficient (Wildman–Crippen LogP) is 6.88. The number of carbonyl (C=O) groups is 1. The molecule has 1 N–H and O–H groups in total. The third-order valence-electron chi connectivity index (χ3n) is 7.56. The summed E-state index contributed by atoms with van der Waals surface area (Å²) in [5.41, 5.74) is 4.44. The number of carbonyl (C=O) groups excluding carboxylic acids is 1. The summed E-state index contributed by atoms with van der Waals surface area (Å²) in [6.45, 7) is 2.18. The quantitative estimate of drug-likeness (QED) is 0.257. The number of likely N-dealkylation sites (tertiary alicyclic amines) is 1. The molecule has 1 aromatic heterocycles. The van der Waals surface area contributed by atoms with Crippen molar-refractivity contribution in [2.24, 2.45) is 5.10 Å². The van der Waals surface area contributed by atoms with Crippen LogP contribution in [0.2, 0.25) is 0 Å². The van der Waals surface area contributed by atoms with Gasteiger partial charge in [0.25, 0.3) is 11.5 Å². The number of nitrogens with one attached hydrogen (secondary N) is 1. The molecule has 1 atom stereocenters. The van der Waals surface area contributed by atoms with Crippen LogP contribution in [0.4, 0.5) is 0 Å². The molecule has 1 amide bonds. The molecule has 8 heteroatoms. The zero-order valence-electron chi connectivity index (χ0n) is 21.4. The average Bonchev–Trinajstić information content (AvgIpc) is 3.39. The lowest BCUT2D eigenvalue weighted by molar-refractivity contribution is -0.134. The maximum absolute atomic E-state index is 13.7. The smallest absolute Gasteiger partial charge is 0.258 e. The van der Waals surface area contributed by atoms with Crippen molar-refractivity contribution in [1.82, 2.24) is 14.9 Å². The number of halogens is 2. The van der Waals surface area contributed by atoms with Crippen molar-refractivity contribution in [1.29, 1.82) is 0 Å². The fraction of sp³-hybridized carbons (Fsp3) is 0.258. The number of aromatic nitrogens is 1. The van der Waals surface area contributed by atoms with Gasteiger partial charge in [-0.1, -0.05) is 80.7 Å². The summed E-state index contributed by atoms with van der Waals surface area (Å²) in [4.78, 5) is 32.7. The third-order valence-corrected chi connectivity index (χ3v) is 8.58. The molecule has 2 aliphatic heterocycles. The van der Waals surface area contributed by atoms with Crippen LogP contribution in [-0.2, 0) is 4.79 Å². The van der Waals surface area contributed by atoms with E-state index in [1.807, 2.05) is 72.8 Å². The maximum atomic E-state index is 13.7. The standard InChI is InChI=1S/C31H28Br2N4O2/c32-22-11-9-20(10-12-22)27-18-26(35-37(27)28(38)19-36-15-5-2-6-16-36)30-29(21-7-3-1-4-8-21)24-17-23(33)13-14-25(24)34-31(30)39/h1,3-4,7-14,17,27H,2,5-6,15-16,18-19H2,(H,34,39)/t27-/m1/s1. The summed E-state index contributed by atoms with van der Waals surface area (Å²) < 4.78 is 1.89. The SMILES string of the molecule is O=C(CN1CCCCC1)N1N=C(c2c(-c3ccccc3)c3cc(Br)ccc3[nH]c2=O)C[C@@H]1c1ccc(Br)cc1. The van der Waals surface area contributed by atoms with Gasteiger partial charge in [0.2, 0.25) is 0 Å². The van der Waals surface area contributed by atoms with Gasteiger partial charge in [0.05, 0.1) is 23.9 Å². The second-order valence-corrected chi connectivity index (χ2v) is 12.0. The lowest BCUT2D eigenvalue weighted by Crippen LogP contribution is -2.40. The van der Waals surface area contributed by atoms with E-state index in [4.69, 9.17) is 5.10 Å². The minimum absolute atomic E-state index is 0.0407. The van der Waals surface area contributed by atoms with E-state index in [0.717, 1.165) is 62.5 Å². The lowest BCUT2D eigenvalue weighted by atomic mass is 9.91. The Hall–Kier alpha value is -3.07. The zero-order chi connectivity index (χ0) is 26.9. The number of piperidine rings is 1. The minimum atomic E-state index is -0.286. The topological polar surface area (TPSA) is 68.8 Å². The van der Waals surface area contributed by atoms with E-state index in [1.54, 1.807) is 5.01 Å². The van der Waals surface area contributed by atoms with Crippen molar-refractivity contribution < 1.29 is 4.79 Å². The zero-order valence-corrected chi connectivity index (χ0v) is 24.5. The van der Waals surface area contributed by atoms with E-state index in [9.17, 15) is 9.59 Å². The number of nitrogens with zero attached hydrogens (tertiary/aromatic N) is 3. The first-order valence-corrected chi connectivity index (χ1v) is 14.9. The van der Waals surface area contributed by atoms with E-state index in [-0.39, 0.29) is 17.5 Å². The van der Waals surface area contributed by atoms with Crippen molar-refractivity contribution in [2.45, 2.75) is 31.7 Å². The largest absolute Gasteiger partial charge is 0.321 e.